The van der Waals surface area contributed by atoms with Crippen LogP contribution in [0.15, 0.2) is 30.5 Å². The lowest BCUT2D eigenvalue weighted by molar-refractivity contribution is 0.447. The fourth-order valence-corrected chi connectivity index (χ4v) is 3.21. The van der Waals surface area contributed by atoms with Gasteiger partial charge in [-0.1, -0.05) is 18.2 Å². The Balaban J connectivity index is 1.56. The number of hydrogen-bond donors (Lipinski definition) is 2. The van der Waals surface area contributed by atoms with E-state index < -0.39 is 0 Å². The molecule has 4 heteroatoms. The van der Waals surface area contributed by atoms with Crippen LogP contribution in [-0.2, 0) is 13.0 Å². The van der Waals surface area contributed by atoms with Gasteiger partial charge in [0, 0.05) is 28.8 Å². The summed E-state index contributed by atoms with van der Waals surface area (Å²) < 4.78 is 2.09. The highest BCUT2D eigenvalue weighted by Gasteiger charge is 2.08. The number of nitrogens with one attached hydrogen (secondary N) is 2. The second kappa shape index (κ2) is 6.59. The molecule has 0 aliphatic carbocycles. The second-order valence-electron chi connectivity index (χ2n) is 6.53. The molecule has 4 nitrogen and oxygen atoms in total. The van der Waals surface area contributed by atoms with Crippen molar-refractivity contribution in [3.05, 3.63) is 53.0 Å². The van der Waals surface area contributed by atoms with Crippen molar-refractivity contribution in [1.29, 1.82) is 0 Å². The number of aromatic nitrogens is 3. The number of H-pyrrole nitrogens is 1. The maximum absolute atomic E-state index is 4.53. The zero-order chi connectivity index (χ0) is 16.4. The van der Waals surface area contributed by atoms with Gasteiger partial charge in [0.2, 0.25) is 0 Å². The lowest BCUT2D eigenvalue weighted by atomic mass is 10.1. The van der Waals surface area contributed by atoms with E-state index in [4.69, 9.17) is 0 Å². The Morgan fingerprint density at radius 3 is 2.83 bits per heavy atom. The van der Waals surface area contributed by atoms with E-state index in [9.17, 15) is 0 Å². The topological polar surface area (TPSA) is 45.6 Å². The van der Waals surface area contributed by atoms with Crippen molar-refractivity contribution in [2.45, 2.75) is 46.7 Å². The van der Waals surface area contributed by atoms with E-state index in [1.807, 2.05) is 6.92 Å². The number of rotatable bonds is 6. The summed E-state index contributed by atoms with van der Waals surface area (Å²) in [6.45, 7) is 10.4. The molecule has 0 bridgehead atoms. The molecule has 1 aromatic carbocycles. The Kier molecular flexibility index (Phi) is 4.53. The molecule has 0 saturated heterocycles. The van der Waals surface area contributed by atoms with Gasteiger partial charge in [-0.3, -0.25) is 4.68 Å². The van der Waals surface area contributed by atoms with Gasteiger partial charge in [0.25, 0.3) is 0 Å². The molecule has 0 spiro atoms. The van der Waals surface area contributed by atoms with Crippen LogP contribution in [0.25, 0.3) is 10.9 Å². The smallest absolute Gasteiger partial charge is 0.0596 e. The van der Waals surface area contributed by atoms with E-state index in [2.05, 4.69) is 71.3 Å². The predicted molar refractivity (Wildman–Crippen MR) is 95.9 cm³/mol. The number of hydrogen-bond acceptors (Lipinski definition) is 2. The Labute approximate surface area is 137 Å². The minimum absolute atomic E-state index is 0.403. The average Bonchev–Trinajstić information content (AvgIpc) is 3.04. The first-order valence-electron chi connectivity index (χ1n) is 8.34. The molecule has 0 amide bonds. The third-order valence-corrected chi connectivity index (χ3v) is 4.45. The highest BCUT2D eigenvalue weighted by Crippen LogP contribution is 2.21. The number of fused-ring (bicyclic) bond motifs is 1. The number of benzene rings is 1. The molecule has 0 unspecified atom stereocenters. The Bertz CT molecular complexity index is 797. The van der Waals surface area contributed by atoms with Crippen LogP contribution in [0, 0.1) is 20.8 Å². The van der Waals surface area contributed by atoms with Crippen LogP contribution in [0.2, 0.25) is 0 Å². The molecule has 0 radical (unpaired) electrons. The predicted octanol–water partition coefficient (Wildman–Crippen LogP) is 3.51. The van der Waals surface area contributed by atoms with Gasteiger partial charge in [-0.15, -0.1) is 0 Å². The molecule has 3 rings (SSSR count). The summed E-state index contributed by atoms with van der Waals surface area (Å²) in [5.74, 6) is 0. The SMILES string of the molecule is Cc1cc(C)n(C[C@H](C)NCCc2c[nH]c3c(C)cccc23)n1. The molecular weight excluding hydrogens is 284 g/mol. The Morgan fingerprint density at radius 1 is 1.26 bits per heavy atom. The summed E-state index contributed by atoms with van der Waals surface area (Å²) in [7, 11) is 0. The number of nitrogens with zero attached hydrogens (tertiary/aromatic N) is 2. The largest absolute Gasteiger partial charge is 0.361 e. The highest BCUT2D eigenvalue weighted by molar-refractivity contribution is 5.85. The molecule has 0 fully saturated rings. The number of aryl methyl sites for hydroxylation is 3. The van der Waals surface area contributed by atoms with Crippen LogP contribution < -0.4 is 5.32 Å². The molecule has 122 valence electrons. The van der Waals surface area contributed by atoms with Gasteiger partial charge in [-0.2, -0.15) is 5.10 Å². The fraction of sp³-hybridized carbons (Fsp3) is 0.421. The first kappa shape index (κ1) is 15.8. The normalized spacial score (nSPS) is 12.9. The quantitative estimate of drug-likeness (QED) is 0.732. The van der Waals surface area contributed by atoms with E-state index >= 15 is 0 Å². The van der Waals surface area contributed by atoms with Crippen LogP contribution in [0.4, 0.5) is 0 Å². The molecule has 23 heavy (non-hydrogen) atoms. The first-order valence-corrected chi connectivity index (χ1v) is 8.34. The van der Waals surface area contributed by atoms with Gasteiger partial charge < -0.3 is 10.3 Å². The summed E-state index contributed by atoms with van der Waals surface area (Å²) in [6, 6.07) is 9.01. The summed E-state index contributed by atoms with van der Waals surface area (Å²) in [6.07, 6.45) is 3.18. The third kappa shape index (κ3) is 3.48. The fourth-order valence-electron chi connectivity index (χ4n) is 3.21. The molecule has 0 aliphatic rings. The van der Waals surface area contributed by atoms with Crippen LogP contribution in [0.5, 0.6) is 0 Å². The van der Waals surface area contributed by atoms with Crippen molar-refractivity contribution >= 4 is 10.9 Å². The number of aromatic amines is 1. The van der Waals surface area contributed by atoms with E-state index in [1.54, 1.807) is 0 Å². The summed E-state index contributed by atoms with van der Waals surface area (Å²) in [5, 5.41) is 9.49. The molecule has 3 aromatic rings. The standard InChI is InChI=1S/C19H26N4/c1-13-6-5-7-18-17(11-21-19(13)18)8-9-20-15(3)12-23-16(4)10-14(2)22-23/h5-7,10-11,15,20-21H,8-9,12H2,1-4H3/t15-/m0/s1. The summed E-state index contributed by atoms with van der Waals surface area (Å²) in [4.78, 5) is 3.40. The van der Waals surface area contributed by atoms with E-state index in [0.717, 1.165) is 25.2 Å². The van der Waals surface area contributed by atoms with Crippen LogP contribution >= 0.6 is 0 Å². The Hall–Kier alpha value is -2.07. The lowest BCUT2D eigenvalue weighted by Gasteiger charge is -2.15. The lowest BCUT2D eigenvalue weighted by Crippen LogP contribution is -2.32. The van der Waals surface area contributed by atoms with Crippen LogP contribution in [0.1, 0.15) is 29.4 Å². The molecule has 0 aliphatic heterocycles. The van der Waals surface area contributed by atoms with E-state index in [1.165, 1.54) is 27.7 Å². The molecule has 2 N–H and O–H groups in total. The minimum Gasteiger partial charge on any atom is -0.361 e. The zero-order valence-electron chi connectivity index (χ0n) is 14.5. The van der Waals surface area contributed by atoms with Crippen molar-refractivity contribution in [3.63, 3.8) is 0 Å². The van der Waals surface area contributed by atoms with E-state index in [0.29, 0.717) is 6.04 Å². The van der Waals surface area contributed by atoms with E-state index in [-0.39, 0.29) is 0 Å². The van der Waals surface area contributed by atoms with Crippen molar-refractivity contribution in [2.75, 3.05) is 6.54 Å². The monoisotopic (exact) mass is 310 g/mol. The summed E-state index contributed by atoms with van der Waals surface area (Å²) in [5.41, 5.74) is 6.26. The zero-order valence-corrected chi connectivity index (χ0v) is 14.5. The number of para-hydroxylation sites is 1. The van der Waals surface area contributed by atoms with Gasteiger partial charge in [0.15, 0.2) is 0 Å². The van der Waals surface area contributed by atoms with Crippen LogP contribution in [0.3, 0.4) is 0 Å². The average molecular weight is 310 g/mol. The van der Waals surface area contributed by atoms with Crippen molar-refractivity contribution < 1.29 is 0 Å². The first-order chi connectivity index (χ1) is 11.0. The molecule has 2 heterocycles. The molecule has 2 aromatic heterocycles. The van der Waals surface area contributed by atoms with Crippen molar-refractivity contribution in [3.8, 4) is 0 Å². The maximum Gasteiger partial charge on any atom is 0.0596 e. The van der Waals surface area contributed by atoms with Gasteiger partial charge in [-0.25, -0.2) is 0 Å². The molecular formula is C19H26N4. The Morgan fingerprint density at radius 2 is 2.09 bits per heavy atom. The molecule has 1 atom stereocenters. The minimum atomic E-state index is 0.403. The van der Waals surface area contributed by atoms with Gasteiger partial charge >= 0.3 is 0 Å². The highest BCUT2D eigenvalue weighted by atomic mass is 15.3. The van der Waals surface area contributed by atoms with Gasteiger partial charge in [0.1, 0.15) is 0 Å². The van der Waals surface area contributed by atoms with Crippen molar-refractivity contribution in [2.24, 2.45) is 0 Å². The third-order valence-electron chi connectivity index (χ3n) is 4.45. The maximum atomic E-state index is 4.53. The van der Waals surface area contributed by atoms with Crippen LogP contribution in [-0.4, -0.2) is 27.4 Å². The van der Waals surface area contributed by atoms with Gasteiger partial charge in [-0.05, 0) is 57.9 Å². The molecule has 0 saturated carbocycles. The van der Waals surface area contributed by atoms with Crippen molar-refractivity contribution in [1.82, 2.24) is 20.1 Å². The summed E-state index contributed by atoms with van der Waals surface area (Å²) >= 11 is 0. The van der Waals surface area contributed by atoms with Gasteiger partial charge in [0.05, 0.1) is 12.2 Å². The second-order valence-corrected chi connectivity index (χ2v) is 6.53.